The van der Waals surface area contributed by atoms with E-state index in [0.717, 1.165) is 16.7 Å². The van der Waals surface area contributed by atoms with Gasteiger partial charge in [0.15, 0.2) is 0 Å². The number of amides is 2. The average molecular weight is 466 g/mol. The second-order valence-electron chi connectivity index (χ2n) is 7.93. The maximum absolute atomic E-state index is 12.9. The smallest absolute Gasteiger partial charge is 0.262 e. The zero-order valence-electron chi connectivity index (χ0n) is 19.0. The van der Waals surface area contributed by atoms with Crippen LogP contribution in [0.1, 0.15) is 32.6 Å². The van der Waals surface area contributed by atoms with E-state index in [0.29, 0.717) is 16.9 Å². The van der Waals surface area contributed by atoms with Gasteiger partial charge in [-0.05, 0) is 74.7 Å². The van der Waals surface area contributed by atoms with Crippen molar-refractivity contribution in [3.63, 3.8) is 0 Å². The number of benzene rings is 3. The Bertz CT molecular complexity index is 1300. The summed E-state index contributed by atoms with van der Waals surface area (Å²) >= 11 is 0. The number of nitrogens with one attached hydrogen (secondary N) is 3. The normalized spacial score (nSPS) is 11.0. The van der Waals surface area contributed by atoms with Crippen molar-refractivity contribution < 1.29 is 18.0 Å². The SMILES string of the molecule is Cc1ccc(NS(=O)(=O)c2cc(C(=O)NCC(=O)Nc3cccc(C)c3C)ccc2C)cc1. The highest BCUT2D eigenvalue weighted by Crippen LogP contribution is 2.21. The fourth-order valence-electron chi connectivity index (χ4n) is 3.21. The molecule has 8 heteroatoms. The number of anilines is 2. The number of rotatable bonds is 7. The van der Waals surface area contributed by atoms with E-state index in [1.54, 1.807) is 43.3 Å². The van der Waals surface area contributed by atoms with Crippen LogP contribution < -0.4 is 15.4 Å². The van der Waals surface area contributed by atoms with Crippen LogP contribution in [0.5, 0.6) is 0 Å². The molecule has 0 saturated carbocycles. The highest BCUT2D eigenvalue weighted by atomic mass is 32.2. The highest BCUT2D eigenvalue weighted by Gasteiger charge is 2.20. The molecule has 0 bridgehead atoms. The van der Waals surface area contributed by atoms with Crippen LogP contribution in [0.3, 0.4) is 0 Å². The molecule has 0 fully saturated rings. The molecule has 0 aliphatic rings. The third-order valence-electron chi connectivity index (χ3n) is 5.33. The molecule has 3 N–H and O–H groups in total. The van der Waals surface area contributed by atoms with Crippen LogP contribution in [0, 0.1) is 27.7 Å². The summed E-state index contributed by atoms with van der Waals surface area (Å²) in [4.78, 5) is 24.9. The minimum absolute atomic E-state index is 0.00411. The van der Waals surface area contributed by atoms with Crippen LogP contribution in [0.2, 0.25) is 0 Å². The van der Waals surface area contributed by atoms with Gasteiger partial charge < -0.3 is 10.6 Å². The third-order valence-corrected chi connectivity index (χ3v) is 6.86. The predicted molar refractivity (Wildman–Crippen MR) is 130 cm³/mol. The molecule has 0 aliphatic heterocycles. The first-order chi connectivity index (χ1) is 15.6. The molecule has 0 radical (unpaired) electrons. The van der Waals surface area contributed by atoms with Crippen molar-refractivity contribution in [1.29, 1.82) is 0 Å². The molecule has 0 heterocycles. The van der Waals surface area contributed by atoms with Gasteiger partial charge in [0.2, 0.25) is 5.91 Å². The lowest BCUT2D eigenvalue weighted by molar-refractivity contribution is -0.115. The van der Waals surface area contributed by atoms with E-state index in [2.05, 4.69) is 15.4 Å². The summed E-state index contributed by atoms with van der Waals surface area (Å²) < 4.78 is 28.3. The van der Waals surface area contributed by atoms with E-state index in [1.165, 1.54) is 12.1 Å². The largest absolute Gasteiger partial charge is 0.343 e. The van der Waals surface area contributed by atoms with Gasteiger partial charge in [0.1, 0.15) is 0 Å². The molecule has 3 rings (SSSR count). The van der Waals surface area contributed by atoms with Crippen LogP contribution in [0.4, 0.5) is 11.4 Å². The van der Waals surface area contributed by atoms with E-state index in [9.17, 15) is 18.0 Å². The van der Waals surface area contributed by atoms with Crippen LogP contribution in [-0.4, -0.2) is 26.8 Å². The van der Waals surface area contributed by atoms with Gasteiger partial charge in [-0.15, -0.1) is 0 Å². The van der Waals surface area contributed by atoms with Gasteiger partial charge in [0.25, 0.3) is 15.9 Å². The zero-order valence-corrected chi connectivity index (χ0v) is 19.8. The fraction of sp³-hybridized carbons (Fsp3) is 0.200. The minimum Gasteiger partial charge on any atom is -0.343 e. The lowest BCUT2D eigenvalue weighted by atomic mass is 10.1. The van der Waals surface area contributed by atoms with Crippen molar-refractivity contribution in [2.24, 2.45) is 0 Å². The summed E-state index contributed by atoms with van der Waals surface area (Å²) in [6.07, 6.45) is 0. The van der Waals surface area contributed by atoms with Crippen molar-refractivity contribution in [1.82, 2.24) is 5.32 Å². The molecule has 33 heavy (non-hydrogen) atoms. The molecule has 0 saturated heterocycles. The topological polar surface area (TPSA) is 104 Å². The molecule has 3 aromatic carbocycles. The fourth-order valence-corrected chi connectivity index (χ4v) is 4.54. The van der Waals surface area contributed by atoms with Gasteiger partial charge >= 0.3 is 0 Å². The number of aryl methyl sites for hydroxylation is 3. The Morgan fingerprint density at radius 3 is 2.24 bits per heavy atom. The summed E-state index contributed by atoms with van der Waals surface area (Å²) in [6.45, 7) is 7.17. The molecule has 3 aromatic rings. The van der Waals surface area contributed by atoms with E-state index in [-0.39, 0.29) is 22.9 Å². The minimum atomic E-state index is -3.90. The van der Waals surface area contributed by atoms with Crippen molar-refractivity contribution in [3.05, 3.63) is 88.5 Å². The lowest BCUT2D eigenvalue weighted by Crippen LogP contribution is -2.33. The second-order valence-corrected chi connectivity index (χ2v) is 9.58. The average Bonchev–Trinajstić information content (AvgIpc) is 2.77. The number of hydrogen-bond donors (Lipinski definition) is 3. The van der Waals surface area contributed by atoms with Gasteiger partial charge in [-0.3, -0.25) is 14.3 Å². The van der Waals surface area contributed by atoms with Crippen LogP contribution in [0.25, 0.3) is 0 Å². The summed E-state index contributed by atoms with van der Waals surface area (Å²) in [5.41, 5.74) is 4.76. The van der Waals surface area contributed by atoms with Gasteiger partial charge in [-0.2, -0.15) is 0 Å². The van der Waals surface area contributed by atoms with E-state index < -0.39 is 15.9 Å². The Hall–Kier alpha value is -3.65. The molecular formula is C25H27N3O4S. The summed E-state index contributed by atoms with van der Waals surface area (Å²) in [7, 11) is -3.90. The number of carbonyl (C=O) groups is 2. The standard InChI is InChI=1S/C25H27N3O4S/c1-16-8-12-21(13-9-16)28-33(31,32)23-14-20(11-10-18(23)3)25(30)26-15-24(29)27-22-7-5-6-17(2)19(22)4/h5-14,28H,15H2,1-4H3,(H,26,30)(H,27,29). The maximum atomic E-state index is 12.9. The van der Waals surface area contributed by atoms with Crippen molar-refractivity contribution in [2.45, 2.75) is 32.6 Å². The Morgan fingerprint density at radius 2 is 1.55 bits per heavy atom. The van der Waals surface area contributed by atoms with Crippen molar-refractivity contribution in [3.8, 4) is 0 Å². The van der Waals surface area contributed by atoms with Crippen molar-refractivity contribution >= 4 is 33.2 Å². The van der Waals surface area contributed by atoms with Crippen molar-refractivity contribution in [2.75, 3.05) is 16.6 Å². The molecule has 7 nitrogen and oxygen atoms in total. The number of hydrogen-bond acceptors (Lipinski definition) is 4. The van der Waals surface area contributed by atoms with Gasteiger partial charge in [-0.1, -0.05) is 35.9 Å². The van der Waals surface area contributed by atoms with Crippen LogP contribution >= 0.6 is 0 Å². The molecular weight excluding hydrogens is 438 g/mol. The van der Waals surface area contributed by atoms with E-state index >= 15 is 0 Å². The predicted octanol–water partition coefficient (Wildman–Crippen LogP) is 4.09. The van der Waals surface area contributed by atoms with Crippen LogP contribution in [-0.2, 0) is 14.8 Å². The lowest BCUT2D eigenvalue weighted by Gasteiger charge is -2.13. The first kappa shape index (κ1) is 24.0. The molecule has 0 aromatic heterocycles. The Kier molecular flexibility index (Phi) is 7.18. The first-order valence-electron chi connectivity index (χ1n) is 10.4. The zero-order chi connectivity index (χ0) is 24.2. The first-order valence-corrected chi connectivity index (χ1v) is 11.9. The van der Waals surface area contributed by atoms with Gasteiger partial charge in [-0.25, -0.2) is 8.42 Å². The molecule has 0 aliphatic carbocycles. The van der Waals surface area contributed by atoms with Gasteiger partial charge in [0, 0.05) is 16.9 Å². The third kappa shape index (κ3) is 5.98. The second kappa shape index (κ2) is 9.87. The van der Waals surface area contributed by atoms with E-state index in [1.807, 2.05) is 32.9 Å². The molecule has 172 valence electrons. The highest BCUT2D eigenvalue weighted by molar-refractivity contribution is 7.92. The number of carbonyl (C=O) groups excluding carboxylic acids is 2. The van der Waals surface area contributed by atoms with Gasteiger partial charge in [0.05, 0.1) is 11.4 Å². The summed E-state index contributed by atoms with van der Waals surface area (Å²) in [5, 5.41) is 5.32. The summed E-state index contributed by atoms with van der Waals surface area (Å²) in [6, 6.07) is 16.9. The molecule has 0 atom stereocenters. The monoisotopic (exact) mass is 465 g/mol. The van der Waals surface area contributed by atoms with E-state index in [4.69, 9.17) is 0 Å². The Morgan fingerprint density at radius 1 is 0.848 bits per heavy atom. The summed E-state index contributed by atoms with van der Waals surface area (Å²) in [5.74, 6) is -0.920. The maximum Gasteiger partial charge on any atom is 0.262 e. The number of sulfonamides is 1. The molecule has 2 amide bonds. The quantitative estimate of drug-likeness (QED) is 0.489. The molecule has 0 unspecified atom stereocenters. The van der Waals surface area contributed by atoms with Crippen LogP contribution in [0.15, 0.2) is 65.6 Å². The molecule has 0 spiro atoms. The Labute approximate surface area is 194 Å². The Balaban J connectivity index is 1.70.